The quantitative estimate of drug-likeness (QED) is 0.343. The third-order valence-electron chi connectivity index (χ3n) is 3.28. The van der Waals surface area contributed by atoms with E-state index in [9.17, 15) is 4.39 Å². The number of nitrogens with two attached hydrogens (primary N) is 1. The molecule has 0 amide bonds. The number of benzene rings is 2. The van der Waals surface area contributed by atoms with Crippen LogP contribution in [0.1, 0.15) is 11.1 Å². The van der Waals surface area contributed by atoms with Gasteiger partial charge in [0.2, 0.25) is 0 Å². The van der Waals surface area contributed by atoms with Crippen LogP contribution in [0.15, 0.2) is 45.9 Å². The normalized spacial score (nSPS) is 10.8. The summed E-state index contributed by atoms with van der Waals surface area (Å²) in [4.78, 5) is 4.21. The second-order valence-electron chi connectivity index (χ2n) is 5.02. The summed E-state index contributed by atoms with van der Waals surface area (Å²) >= 11 is 3.25. The first kappa shape index (κ1) is 21.5. The van der Waals surface area contributed by atoms with Crippen molar-refractivity contribution in [2.45, 2.75) is 13.1 Å². The Kier molecular flexibility index (Phi) is 8.98. The van der Waals surface area contributed by atoms with Gasteiger partial charge in [-0.3, -0.25) is 0 Å². The number of rotatable bonds is 6. The molecule has 0 heterocycles. The smallest absolute Gasteiger partial charge is 0.189 e. The molecule has 0 bridgehead atoms. The molecule has 2 rings (SSSR count). The van der Waals surface area contributed by atoms with E-state index in [1.54, 1.807) is 20.3 Å². The molecule has 0 aliphatic rings. The van der Waals surface area contributed by atoms with Crippen molar-refractivity contribution in [3.05, 3.63) is 57.8 Å². The van der Waals surface area contributed by atoms with Crippen molar-refractivity contribution < 1.29 is 13.9 Å². The molecule has 136 valence electrons. The Labute approximate surface area is 172 Å². The Balaban J connectivity index is 0.00000312. The summed E-state index contributed by atoms with van der Waals surface area (Å²) in [7, 11) is 3.17. The zero-order valence-corrected chi connectivity index (χ0v) is 17.8. The van der Waals surface area contributed by atoms with E-state index in [1.165, 1.54) is 12.1 Å². The molecular weight excluding hydrogens is 504 g/mol. The van der Waals surface area contributed by atoms with E-state index in [0.717, 1.165) is 11.1 Å². The predicted octanol–water partition coefficient (Wildman–Crippen LogP) is 3.83. The van der Waals surface area contributed by atoms with Gasteiger partial charge >= 0.3 is 0 Å². The van der Waals surface area contributed by atoms with Gasteiger partial charge < -0.3 is 20.5 Å². The molecule has 2 aromatic carbocycles. The first-order valence-electron chi connectivity index (χ1n) is 7.21. The van der Waals surface area contributed by atoms with Crippen LogP contribution in [0.3, 0.4) is 0 Å². The van der Waals surface area contributed by atoms with Crippen LogP contribution in [0.25, 0.3) is 0 Å². The van der Waals surface area contributed by atoms with E-state index in [-0.39, 0.29) is 35.8 Å². The topological polar surface area (TPSA) is 68.9 Å². The van der Waals surface area contributed by atoms with Crippen molar-refractivity contribution in [3.63, 3.8) is 0 Å². The van der Waals surface area contributed by atoms with Crippen molar-refractivity contribution in [2.24, 2.45) is 10.7 Å². The van der Waals surface area contributed by atoms with Gasteiger partial charge in [0, 0.05) is 11.0 Å². The number of nitrogens with zero attached hydrogens (tertiary/aromatic N) is 1. The van der Waals surface area contributed by atoms with Crippen LogP contribution in [0.2, 0.25) is 0 Å². The minimum Gasteiger partial charge on any atom is -0.493 e. The Morgan fingerprint density at radius 3 is 2.48 bits per heavy atom. The Bertz CT molecular complexity index is 724. The van der Waals surface area contributed by atoms with Crippen molar-refractivity contribution in [1.29, 1.82) is 0 Å². The Morgan fingerprint density at radius 2 is 1.84 bits per heavy atom. The molecule has 0 atom stereocenters. The van der Waals surface area contributed by atoms with Gasteiger partial charge in [-0.2, -0.15) is 0 Å². The van der Waals surface area contributed by atoms with Gasteiger partial charge in [-0.25, -0.2) is 9.38 Å². The van der Waals surface area contributed by atoms with Gasteiger partial charge in [0.15, 0.2) is 17.5 Å². The number of hydrogen-bond acceptors (Lipinski definition) is 3. The molecule has 25 heavy (non-hydrogen) atoms. The summed E-state index contributed by atoms with van der Waals surface area (Å²) < 4.78 is 24.4. The van der Waals surface area contributed by atoms with E-state index >= 15 is 0 Å². The van der Waals surface area contributed by atoms with Crippen molar-refractivity contribution in [3.8, 4) is 11.5 Å². The standard InChI is InChI=1S/C17H19BrFN3O2.HI/c1-23-15-4-3-11(7-16(15)24-2)9-21-17(20)22-10-12-5-13(18)8-14(19)6-12;/h3-8H,9-10H2,1-2H3,(H3,20,21,22);1H. The molecule has 0 saturated carbocycles. The van der Waals surface area contributed by atoms with Crippen molar-refractivity contribution in [1.82, 2.24) is 5.32 Å². The number of methoxy groups -OCH3 is 2. The Hall–Kier alpha value is -1.55. The minimum atomic E-state index is -0.313. The van der Waals surface area contributed by atoms with Crippen LogP contribution < -0.4 is 20.5 Å². The first-order valence-corrected chi connectivity index (χ1v) is 8.00. The molecule has 3 N–H and O–H groups in total. The van der Waals surface area contributed by atoms with Crippen LogP contribution >= 0.6 is 39.9 Å². The zero-order chi connectivity index (χ0) is 17.5. The summed E-state index contributed by atoms with van der Waals surface area (Å²) in [6.07, 6.45) is 0. The highest BCUT2D eigenvalue weighted by Gasteiger charge is 2.05. The molecule has 0 spiro atoms. The average Bonchev–Trinajstić information content (AvgIpc) is 2.57. The number of ether oxygens (including phenoxy) is 2. The third-order valence-corrected chi connectivity index (χ3v) is 3.73. The fourth-order valence-corrected chi connectivity index (χ4v) is 2.63. The second-order valence-corrected chi connectivity index (χ2v) is 5.94. The third kappa shape index (κ3) is 6.69. The van der Waals surface area contributed by atoms with Gasteiger partial charge in [0.1, 0.15) is 5.82 Å². The molecule has 0 fully saturated rings. The lowest BCUT2D eigenvalue weighted by Crippen LogP contribution is -2.31. The molecule has 0 radical (unpaired) electrons. The molecule has 0 saturated heterocycles. The highest BCUT2D eigenvalue weighted by Crippen LogP contribution is 2.27. The average molecular weight is 524 g/mol. The predicted molar refractivity (Wildman–Crippen MR) is 111 cm³/mol. The van der Waals surface area contributed by atoms with E-state index in [1.807, 2.05) is 18.2 Å². The molecular formula is C17H20BrFIN3O2. The fourth-order valence-electron chi connectivity index (χ4n) is 2.12. The monoisotopic (exact) mass is 523 g/mol. The van der Waals surface area contributed by atoms with E-state index in [0.29, 0.717) is 29.1 Å². The maximum atomic E-state index is 13.3. The zero-order valence-electron chi connectivity index (χ0n) is 13.9. The van der Waals surface area contributed by atoms with Crippen LogP contribution in [0.4, 0.5) is 4.39 Å². The van der Waals surface area contributed by atoms with Crippen LogP contribution in [-0.2, 0) is 13.1 Å². The van der Waals surface area contributed by atoms with Crippen molar-refractivity contribution in [2.75, 3.05) is 14.2 Å². The Morgan fingerprint density at radius 1 is 1.12 bits per heavy atom. The summed E-state index contributed by atoms with van der Waals surface area (Å²) in [5, 5.41) is 3.01. The van der Waals surface area contributed by atoms with Crippen LogP contribution in [0.5, 0.6) is 11.5 Å². The maximum absolute atomic E-state index is 13.3. The molecule has 0 aliphatic heterocycles. The number of guanidine groups is 1. The summed E-state index contributed by atoms with van der Waals surface area (Å²) in [5.41, 5.74) is 7.56. The summed E-state index contributed by atoms with van der Waals surface area (Å²) in [6.45, 7) is 0.781. The minimum absolute atomic E-state index is 0. The lowest BCUT2D eigenvalue weighted by molar-refractivity contribution is 0.354. The van der Waals surface area contributed by atoms with Gasteiger partial charge in [0.05, 0.1) is 20.8 Å². The van der Waals surface area contributed by atoms with Gasteiger partial charge in [-0.05, 0) is 41.5 Å². The lowest BCUT2D eigenvalue weighted by atomic mass is 10.2. The van der Waals surface area contributed by atoms with Crippen LogP contribution in [-0.4, -0.2) is 20.2 Å². The van der Waals surface area contributed by atoms with E-state index in [4.69, 9.17) is 15.2 Å². The molecule has 2 aromatic rings. The molecule has 5 nitrogen and oxygen atoms in total. The van der Waals surface area contributed by atoms with Gasteiger partial charge in [-0.15, -0.1) is 24.0 Å². The van der Waals surface area contributed by atoms with E-state index < -0.39 is 0 Å². The van der Waals surface area contributed by atoms with Crippen molar-refractivity contribution >= 4 is 45.9 Å². The first-order chi connectivity index (χ1) is 11.5. The summed E-state index contributed by atoms with van der Waals surface area (Å²) in [5.74, 6) is 1.29. The number of hydrogen-bond donors (Lipinski definition) is 2. The van der Waals surface area contributed by atoms with Gasteiger partial charge in [0.25, 0.3) is 0 Å². The second kappa shape index (κ2) is 10.4. The number of nitrogens with one attached hydrogen (secondary N) is 1. The van der Waals surface area contributed by atoms with Gasteiger partial charge in [-0.1, -0.05) is 22.0 Å². The lowest BCUT2D eigenvalue weighted by Gasteiger charge is -2.10. The number of halogens is 3. The summed E-state index contributed by atoms with van der Waals surface area (Å²) in [6, 6.07) is 10.2. The molecule has 0 aromatic heterocycles. The number of aliphatic imine (C=N–C) groups is 1. The highest BCUT2D eigenvalue weighted by molar-refractivity contribution is 14.0. The SMILES string of the molecule is COc1ccc(CNC(N)=NCc2cc(F)cc(Br)c2)cc1OC.I. The van der Waals surface area contributed by atoms with Crippen LogP contribution in [0, 0.1) is 5.82 Å². The molecule has 0 aliphatic carbocycles. The van der Waals surface area contributed by atoms with E-state index in [2.05, 4.69) is 26.2 Å². The molecule has 0 unspecified atom stereocenters. The highest BCUT2D eigenvalue weighted by atomic mass is 127. The maximum Gasteiger partial charge on any atom is 0.189 e. The molecule has 8 heteroatoms. The fraction of sp³-hybridized carbons (Fsp3) is 0.235. The largest absolute Gasteiger partial charge is 0.493 e.